The molecule has 0 aliphatic rings. The van der Waals surface area contributed by atoms with Crippen LogP contribution in [0.3, 0.4) is 0 Å². The molecule has 1 aromatic carbocycles. The van der Waals surface area contributed by atoms with Crippen molar-refractivity contribution in [2.24, 2.45) is 0 Å². The van der Waals surface area contributed by atoms with Gasteiger partial charge in [-0.15, -0.1) is 0 Å². The molecule has 2 nitrogen and oxygen atoms in total. The first-order chi connectivity index (χ1) is 5.18. The molecule has 0 unspecified atom stereocenters. The average Bonchev–Trinajstić information content (AvgIpc) is 1.85. The van der Waals surface area contributed by atoms with E-state index in [1.54, 1.807) is 6.92 Å². The summed E-state index contributed by atoms with van der Waals surface area (Å²) in [7, 11) is 0. The summed E-state index contributed by atoms with van der Waals surface area (Å²) in [6.07, 6.45) is 0.527. The minimum atomic E-state index is 0. The predicted octanol–water partition coefficient (Wildman–Crippen LogP) is 2.74. The van der Waals surface area contributed by atoms with Gasteiger partial charge in [-0.1, -0.05) is 28.1 Å². The summed E-state index contributed by atoms with van der Waals surface area (Å²) in [5, 5.41) is 0. The Morgan fingerprint density at radius 3 is 2.67 bits per heavy atom. The largest absolute Gasteiger partial charge is 0.344 e. The van der Waals surface area contributed by atoms with Crippen LogP contribution in [0, 0.1) is 0 Å². The smallest absolute Gasteiger partial charge is 0.134 e. The highest BCUT2D eigenvalue weighted by atomic mass is 79.9. The number of rotatable bonds is 2. The SMILES string of the molecule is CC(=O)Cc1cccc(Br)c1.N. The molecular weight excluding hydrogens is 218 g/mol. The highest BCUT2D eigenvalue weighted by Gasteiger charge is 1.96. The normalized spacial score (nSPS) is 8.83. The Morgan fingerprint density at radius 1 is 1.50 bits per heavy atom. The first-order valence-electron chi connectivity index (χ1n) is 3.42. The minimum Gasteiger partial charge on any atom is -0.344 e. The summed E-state index contributed by atoms with van der Waals surface area (Å²) < 4.78 is 1.02. The molecule has 66 valence electrons. The zero-order valence-corrected chi connectivity index (χ0v) is 8.60. The van der Waals surface area contributed by atoms with Gasteiger partial charge in [0.25, 0.3) is 0 Å². The van der Waals surface area contributed by atoms with Crippen LogP contribution in [0.4, 0.5) is 0 Å². The van der Waals surface area contributed by atoms with E-state index in [4.69, 9.17) is 0 Å². The summed E-state index contributed by atoms with van der Waals surface area (Å²) in [5.41, 5.74) is 1.06. The zero-order chi connectivity index (χ0) is 8.27. The minimum absolute atomic E-state index is 0. The Morgan fingerprint density at radius 2 is 2.17 bits per heavy atom. The third-order valence-electron chi connectivity index (χ3n) is 1.34. The van der Waals surface area contributed by atoms with Gasteiger partial charge in [-0.05, 0) is 24.6 Å². The molecule has 12 heavy (non-hydrogen) atoms. The fourth-order valence-corrected chi connectivity index (χ4v) is 1.38. The zero-order valence-electron chi connectivity index (χ0n) is 7.01. The van der Waals surface area contributed by atoms with E-state index < -0.39 is 0 Å². The second kappa shape index (κ2) is 5.06. The van der Waals surface area contributed by atoms with Crippen LogP contribution in [0.25, 0.3) is 0 Å². The van der Waals surface area contributed by atoms with Crippen LogP contribution < -0.4 is 6.15 Å². The lowest BCUT2D eigenvalue weighted by molar-refractivity contribution is -0.116. The van der Waals surface area contributed by atoms with Gasteiger partial charge in [-0.2, -0.15) is 0 Å². The van der Waals surface area contributed by atoms with Crippen molar-refractivity contribution in [1.82, 2.24) is 6.15 Å². The van der Waals surface area contributed by atoms with Crippen molar-refractivity contribution in [2.75, 3.05) is 0 Å². The summed E-state index contributed by atoms with van der Waals surface area (Å²) in [6.45, 7) is 1.60. The fourth-order valence-electron chi connectivity index (χ4n) is 0.934. The van der Waals surface area contributed by atoms with Crippen LogP contribution in [-0.4, -0.2) is 5.78 Å². The lowest BCUT2D eigenvalue weighted by atomic mass is 10.1. The van der Waals surface area contributed by atoms with E-state index in [9.17, 15) is 4.79 Å². The van der Waals surface area contributed by atoms with Crippen molar-refractivity contribution in [3.8, 4) is 0 Å². The molecule has 0 radical (unpaired) electrons. The molecule has 1 rings (SSSR count). The maximum Gasteiger partial charge on any atom is 0.134 e. The van der Waals surface area contributed by atoms with Gasteiger partial charge in [0.05, 0.1) is 0 Å². The maximum absolute atomic E-state index is 10.7. The van der Waals surface area contributed by atoms with Crippen LogP contribution in [-0.2, 0) is 11.2 Å². The predicted molar refractivity (Wildman–Crippen MR) is 53.5 cm³/mol. The van der Waals surface area contributed by atoms with E-state index in [1.807, 2.05) is 24.3 Å². The van der Waals surface area contributed by atoms with Gasteiger partial charge in [0.15, 0.2) is 0 Å². The van der Waals surface area contributed by atoms with Gasteiger partial charge in [0, 0.05) is 10.9 Å². The van der Waals surface area contributed by atoms with E-state index >= 15 is 0 Å². The van der Waals surface area contributed by atoms with Crippen LogP contribution in [0.5, 0.6) is 0 Å². The van der Waals surface area contributed by atoms with E-state index in [1.165, 1.54) is 0 Å². The number of halogens is 1. The summed E-state index contributed by atoms with van der Waals surface area (Å²) in [6, 6.07) is 7.79. The third-order valence-corrected chi connectivity index (χ3v) is 1.84. The third kappa shape index (κ3) is 3.64. The highest BCUT2D eigenvalue weighted by molar-refractivity contribution is 9.10. The molecule has 0 atom stereocenters. The number of Topliss-reactive ketones (excluding diaryl/α,β-unsaturated/α-hetero) is 1. The van der Waals surface area contributed by atoms with Crippen molar-refractivity contribution in [1.29, 1.82) is 0 Å². The number of benzene rings is 1. The Hall–Kier alpha value is -0.670. The first-order valence-corrected chi connectivity index (χ1v) is 4.21. The molecule has 3 heteroatoms. The van der Waals surface area contributed by atoms with Crippen molar-refractivity contribution in [3.63, 3.8) is 0 Å². The molecule has 0 saturated heterocycles. The van der Waals surface area contributed by atoms with Gasteiger partial charge < -0.3 is 6.15 Å². The highest BCUT2D eigenvalue weighted by Crippen LogP contribution is 2.11. The van der Waals surface area contributed by atoms with Gasteiger partial charge in [-0.3, -0.25) is 4.79 Å². The molecule has 0 aromatic heterocycles. The van der Waals surface area contributed by atoms with Gasteiger partial charge in [0.2, 0.25) is 0 Å². The Bertz CT molecular complexity index is 273. The molecule has 0 saturated carbocycles. The second-order valence-corrected chi connectivity index (χ2v) is 3.42. The van der Waals surface area contributed by atoms with E-state index in [0.29, 0.717) is 6.42 Å². The molecule has 1 aromatic rings. The summed E-state index contributed by atoms with van der Waals surface area (Å²) >= 11 is 3.34. The topological polar surface area (TPSA) is 52.1 Å². The number of hydrogen-bond acceptors (Lipinski definition) is 2. The maximum atomic E-state index is 10.7. The van der Waals surface area contributed by atoms with Crippen LogP contribution in [0.1, 0.15) is 12.5 Å². The van der Waals surface area contributed by atoms with Gasteiger partial charge >= 0.3 is 0 Å². The number of carbonyl (C=O) groups is 1. The van der Waals surface area contributed by atoms with E-state index in [2.05, 4.69) is 15.9 Å². The molecule has 0 spiro atoms. The van der Waals surface area contributed by atoms with Gasteiger partial charge in [0.1, 0.15) is 5.78 Å². The Labute approximate surface area is 80.7 Å². The number of hydrogen-bond donors (Lipinski definition) is 1. The molecule has 0 aliphatic carbocycles. The first kappa shape index (κ1) is 11.3. The van der Waals surface area contributed by atoms with Crippen molar-refractivity contribution >= 4 is 21.7 Å². The number of carbonyl (C=O) groups excluding carboxylic acids is 1. The average molecular weight is 230 g/mol. The van der Waals surface area contributed by atoms with Crippen molar-refractivity contribution in [3.05, 3.63) is 34.3 Å². The second-order valence-electron chi connectivity index (χ2n) is 2.51. The lowest BCUT2D eigenvalue weighted by Crippen LogP contribution is -1.95. The fraction of sp³-hybridized carbons (Fsp3) is 0.222. The Kier molecular flexibility index (Phi) is 4.78. The molecule has 0 bridgehead atoms. The van der Waals surface area contributed by atoms with Crippen molar-refractivity contribution < 1.29 is 4.79 Å². The summed E-state index contributed by atoms with van der Waals surface area (Å²) in [5.74, 6) is 0.197. The van der Waals surface area contributed by atoms with Crippen LogP contribution in [0.2, 0.25) is 0 Å². The van der Waals surface area contributed by atoms with Crippen LogP contribution in [0.15, 0.2) is 28.7 Å². The molecule has 3 N–H and O–H groups in total. The van der Waals surface area contributed by atoms with E-state index in [0.717, 1.165) is 10.0 Å². The molecule has 0 fully saturated rings. The molecule has 0 amide bonds. The van der Waals surface area contributed by atoms with Crippen molar-refractivity contribution in [2.45, 2.75) is 13.3 Å². The van der Waals surface area contributed by atoms with E-state index in [-0.39, 0.29) is 11.9 Å². The summed E-state index contributed by atoms with van der Waals surface area (Å²) in [4.78, 5) is 10.7. The molecule has 0 aliphatic heterocycles. The van der Waals surface area contributed by atoms with Crippen LogP contribution >= 0.6 is 15.9 Å². The quantitative estimate of drug-likeness (QED) is 0.849. The molecular formula is C9H12BrNO. The standard InChI is InChI=1S/C9H9BrO.H3N/c1-7(11)5-8-3-2-4-9(10)6-8;/h2-4,6H,5H2,1H3;1H3. The molecule has 0 heterocycles. The monoisotopic (exact) mass is 229 g/mol. The Balaban J connectivity index is 0.00000121. The van der Waals surface area contributed by atoms with Gasteiger partial charge in [-0.25, -0.2) is 0 Å². The lowest BCUT2D eigenvalue weighted by Gasteiger charge is -1.96. The number of ketones is 1.